The summed E-state index contributed by atoms with van der Waals surface area (Å²) in [6, 6.07) is 20.1. The van der Waals surface area contributed by atoms with Gasteiger partial charge in [-0.05, 0) is 60.0 Å². The van der Waals surface area contributed by atoms with Crippen LogP contribution in [0.3, 0.4) is 0 Å². The second-order valence-electron chi connectivity index (χ2n) is 9.02. The quantitative estimate of drug-likeness (QED) is 0.227. The highest BCUT2D eigenvalue weighted by atomic mass is 35.5. The van der Waals surface area contributed by atoms with Crippen LogP contribution in [0, 0.1) is 0 Å². The van der Waals surface area contributed by atoms with Gasteiger partial charge in [0.05, 0.1) is 44.7 Å². The molecule has 8 nitrogen and oxygen atoms in total. The minimum atomic E-state index is -0.938. The third-order valence-electron chi connectivity index (χ3n) is 6.27. The molecular formula is C30H31ClN2O6. The van der Waals surface area contributed by atoms with Crippen molar-refractivity contribution in [2.24, 2.45) is 0 Å². The normalized spacial score (nSPS) is 11.7. The van der Waals surface area contributed by atoms with Crippen LogP contribution >= 0.6 is 11.6 Å². The molecule has 1 aromatic heterocycles. The number of carboxylic acids is 1. The maximum Gasteiger partial charge on any atom is 0.307 e. The molecule has 0 aliphatic heterocycles. The molecule has 0 aliphatic rings. The molecule has 0 bridgehead atoms. The number of hydrogen-bond donors (Lipinski definition) is 2. The molecule has 0 saturated carbocycles. The Morgan fingerprint density at radius 2 is 1.77 bits per heavy atom. The van der Waals surface area contributed by atoms with E-state index in [1.165, 1.54) is 0 Å². The van der Waals surface area contributed by atoms with Gasteiger partial charge in [-0.1, -0.05) is 42.8 Å². The lowest BCUT2D eigenvalue weighted by Gasteiger charge is -2.15. The number of para-hydroxylation sites is 1. The first-order valence-electron chi connectivity index (χ1n) is 12.5. The summed E-state index contributed by atoms with van der Waals surface area (Å²) in [6.45, 7) is 2.41. The smallest absolute Gasteiger partial charge is 0.307 e. The molecule has 0 aliphatic carbocycles. The van der Waals surface area contributed by atoms with Gasteiger partial charge in [-0.2, -0.15) is 5.10 Å². The zero-order valence-electron chi connectivity index (χ0n) is 22.1. The lowest BCUT2D eigenvalue weighted by Crippen LogP contribution is -2.16. The van der Waals surface area contributed by atoms with Gasteiger partial charge in [-0.25, -0.2) is 0 Å². The number of ether oxygens (including phenoxy) is 3. The van der Waals surface area contributed by atoms with Crippen LogP contribution in [0.2, 0.25) is 5.02 Å². The minimum absolute atomic E-state index is 0.145. The molecule has 0 fully saturated rings. The Labute approximate surface area is 232 Å². The number of rotatable bonds is 12. The van der Waals surface area contributed by atoms with Crippen LogP contribution in [-0.4, -0.2) is 46.3 Å². The Balaban J connectivity index is 1.83. The van der Waals surface area contributed by atoms with Gasteiger partial charge in [-0.15, -0.1) is 0 Å². The third-order valence-corrected chi connectivity index (χ3v) is 6.51. The van der Waals surface area contributed by atoms with Crippen molar-refractivity contribution in [3.05, 3.63) is 82.9 Å². The van der Waals surface area contributed by atoms with Gasteiger partial charge in [0, 0.05) is 16.1 Å². The number of benzene rings is 3. The fourth-order valence-corrected chi connectivity index (χ4v) is 4.51. The first-order valence-corrected chi connectivity index (χ1v) is 12.9. The second-order valence-corrected chi connectivity index (χ2v) is 9.46. The molecule has 3 aromatic carbocycles. The van der Waals surface area contributed by atoms with Crippen LogP contribution in [-0.2, 0) is 24.4 Å². The molecule has 2 N–H and O–H groups in total. The number of aliphatic hydroxyl groups is 1. The van der Waals surface area contributed by atoms with Crippen molar-refractivity contribution in [1.29, 1.82) is 0 Å². The zero-order valence-corrected chi connectivity index (χ0v) is 22.8. The molecule has 0 radical (unpaired) electrons. The predicted octanol–water partition coefficient (Wildman–Crippen LogP) is 5.86. The number of aromatic nitrogens is 2. The second kappa shape index (κ2) is 12.7. The SMILES string of the molecule is CC[C@@H](O)Cn1nc(-c2cc(CC(=O)O)ccc2OCc2cccc(Cl)c2)cc1-c1cccc(OC)c1OC. The van der Waals surface area contributed by atoms with Crippen molar-refractivity contribution in [3.63, 3.8) is 0 Å². The van der Waals surface area contributed by atoms with Gasteiger partial charge in [-0.3, -0.25) is 9.48 Å². The maximum absolute atomic E-state index is 11.5. The van der Waals surface area contributed by atoms with Gasteiger partial charge < -0.3 is 24.4 Å². The molecule has 0 unspecified atom stereocenters. The molecule has 1 heterocycles. The number of nitrogens with zero attached hydrogens (tertiary/aromatic N) is 2. The molecule has 0 spiro atoms. The first-order chi connectivity index (χ1) is 18.8. The lowest BCUT2D eigenvalue weighted by atomic mass is 10.0. The summed E-state index contributed by atoms with van der Waals surface area (Å²) in [5, 5.41) is 25.3. The molecule has 4 rings (SSSR count). The molecule has 204 valence electrons. The van der Waals surface area contributed by atoms with E-state index in [1.807, 2.05) is 49.4 Å². The molecule has 0 amide bonds. The monoisotopic (exact) mass is 550 g/mol. The van der Waals surface area contributed by atoms with E-state index in [1.54, 1.807) is 43.2 Å². The number of aliphatic carboxylic acids is 1. The van der Waals surface area contributed by atoms with E-state index in [2.05, 4.69) is 0 Å². The molecule has 1 atom stereocenters. The zero-order chi connectivity index (χ0) is 27.9. The average molecular weight is 551 g/mol. The van der Waals surface area contributed by atoms with Crippen molar-refractivity contribution >= 4 is 17.6 Å². The van der Waals surface area contributed by atoms with E-state index >= 15 is 0 Å². The van der Waals surface area contributed by atoms with Crippen LogP contribution in [0.1, 0.15) is 24.5 Å². The van der Waals surface area contributed by atoms with E-state index in [9.17, 15) is 15.0 Å². The standard InChI is InChI=1S/C30H31ClN2O6/c1-4-22(34)17-33-26(23-9-6-10-28(37-2)30(23)38-3)16-25(32-33)24-14-19(15-29(35)36)11-12-27(24)39-18-20-7-5-8-21(31)13-20/h5-14,16,22,34H,4,15,17-18H2,1-3H3,(H,35,36)/t22-/m1/s1. The number of hydrogen-bond acceptors (Lipinski definition) is 6. The van der Waals surface area contributed by atoms with Gasteiger partial charge >= 0.3 is 5.97 Å². The van der Waals surface area contributed by atoms with Gasteiger partial charge in [0.15, 0.2) is 11.5 Å². The fourth-order valence-electron chi connectivity index (χ4n) is 4.30. The summed E-state index contributed by atoms with van der Waals surface area (Å²) >= 11 is 6.14. The number of halogens is 1. The summed E-state index contributed by atoms with van der Waals surface area (Å²) in [4.78, 5) is 11.5. The minimum Gasteiger partial charge on any atom is -0.493 e. The summed E-state index contributed by atoms with van der Waals surface area (Å²) in [5.74, 6) is 0.700. The van der Waals surface area contributed by atoms with E-state index in [0.717, 1.165) is 11.1 Å². The van der Waals surface area contributed by atoms with Crippen LogP contribution in [0.4, 0.5) is 0 Å². The van der Waals surface area contributed by atoms with Crippen molar-refractivity contribution in [2.45, 2.75) is 39.0 Å². The molecule has 39 heavy (non-hydrogen) atoms. The molecular weight excluding hydrogens is 520 g/mol. The van der Waals surface area contributed by atoms with Crippen LogP contribution in [0.25, 0.3) is 22.5 Å². The van der Waals surface area contributed by atoms with E-state index < -0.39 is 12.1 Å². The average Bonchev–Trinajstić information content (AvgIpc) is 3.34. The number of methoxy groups -OCH3 is 2. The highest BCUT2D eigenvalue weighted by molar-refractivity contribution is 6.30. The third kappa shape index (κ3) is 6.71. The van der Waals surface area contributed by atoms with Crippen molar-refractivity contribution in [1.82, 2.24) is 9.78 Å². The highest BCUT2D eigenvalue weighted by Gasteiger charge is 2.21. The number of carbonyl (C=O) groups is 1. The molecule has 4 aromatic rings. The van der Waals surface area contributed by atoms with Crippen LogP contribution < -0.4 is 14.2 Å². The van der Waals surface area contributed by atoms with Gasteiger partial charge in [0.25, 0.3) is 0 Å². The Morgan fingerprint density at radius 3 is 2.46 bits per heavy atom. The van der Waals surface area contributed by atoms with Gasteiger partial charge in [0.2, 0.25) is 0 Å². The number of aliphatic hydroxyl groups excluding tert-OH is 1. The Kier molecular flexibility index (Phi) is 9.11. The van der Waals surface area contributed by atoms with Gasteiger partial charge in [0.1, 0.15) is 12.4 Å². The summed E-state index contributed by atoms with van der Waals surface area (Å²) in [7, 11) is 3.14. The van der Waals surface area contributed by atoms with E-state index in [-0.39, 0.29) is 19.6 Å². The number of carboxylic acid groups (broad SMARTS) is 1. The van der Waals surface area contributed by atoms with Crippen molar-refractivity contribution < 1.29 is 29.2 Å². The Morgan fingerprint density at radius 1 is 0.974 bits per heavy atom. The van der Waals surface area contributed by atoms with E-state index in [4.69, 9.17) is 30.9 Å². The predicted molar refractivity (Wildman–Crippen MR) is 150 cm³/mol. The lowest BCUT2D eigenvalue weighted by molar-refractivity contribution is -0.136. The van der Waals surface area contributed by atoms with Crippen molar-refractivity contribution in [2.75, 3.05) is 14.2 Å². The van der Waals surface area contributed by atoms with Crippen LogP contribution in [0.5, 0.6) is 17.2 Å². The highest BCUT2D eigenvalue weighted by Crippen LogP contribution is 2.40. The summed E-state index contributed by atoms with van der Waals surface area (Å²) < 4.78 is 19.1. The van der Waals surface area contributed by atoms with Crippen molar-refractivity contribution in [3.8, 4) is 39.8 Å². The molecule has 0 saturated heterocycles. The van der Waals surface area contributed by atoms with E-state index in [0.29, 0.717) is 51.2 Å². The Hall–Kier alpha value is -4.01. The summed E-state index contributed by atoms with van der Waals surface area (Å²) in [6.07, 6.45) is -0.218. The summed E-state index contributed by atoms with van der Waals surface area (Å²) in [5.41, 5.74) is 4.13. The first kappa shape index (κ1) is 28.0. The topological polar surface area (TPSA) is 103 Å². The largest absolute Gasteiger partial charge is 0.493 e. The maximum atomic E-state index is 11.5. The van der Waals surface area contributed by atoms with Crippen LogP contribution in [0.15, 0.2) is 66.7 Å². The molecule has 9 heteroatoms. The fraction of sp³-hybridized carbons (Fsp3) is 0.267. The Bertz CT molecular complexity index is 1450.